The molecule has 112 valence electrons. The third-order valence-electron chi connectivity index (χ3n) is 4.41. The Balaban J connectivity index is 1.49. The molecule has 2 aromatic carbocycles. The zero-order chi connectivity index (χ0) is 15.4. The first-order chi connectivity index (χ1) is 10.8. The minimum Gasteiger partial charge on any atom is -0.289 e. The molecule has 0 fully saturated rings. The van der Waals surface area contributed by atoms with Crippen LogP contribution >= 0.6 is 0 Å². The van der Waals surface area contributed by atoms with Gasteiger partial charge in [0.25, 0.3) is 0 Å². The largest absolute Gasteiger partial charge is 0.289 e. The van der Waals surface area contributed by atoms with Gasteiger partial charge in [0.15, 0.2) is 5.78 Å². The fraction of sp³-hybridized carbons (Fsp3) is 0.286. The lowest BCUT2D eigenvalue weighted by molar-refractivity contribution is 0.105. The van der Waals surface area contributed by atoms with Crippen LogP contribution in [0.4, 0.5) is 0 Å². The molecule has 0 saturated heterocycles. The third-order valence-corrected chi connectivity index (χ3v) is 4.41. The van der Waals surface area contributed by atoms with Gasteiger partial charge < -0.3 is 0 Å². The zero-order valence-electron chi connectivity index (χ0n) is 13.1. The summed E-state index contributed by atoms with van der Waals surface area (Å²) in [7, 11) is 0. The zero-order valence-corrected chi connectivity index (χ0v) is 13.1. The van der Waals surface area contributed by atoms with Crippen LogP contribution in [-0.2, 0) is 19.3 Å². The van der Waals surface area contributed by atoms with Crippen LogP contribution in [0.1, 0.15) is 52.4 Å². The Morgan fingerprint density at radius 2 is 1.41 bits per heavy atom. The van der Waals surface area contributed by atoms with Crippen LogP contribution in [-0.4, -0.2) is 5.78 Å². The Morgan fingerprint density at radius 1 is 0.773 bits per heavy atom. The van der Waals surface area contributed by atoms with E-state index >= 15 is 0 Å². The number of hydrogen-bond acceptors (Lipinski definition) is 1. The van der Waals surface area contributed by atoms with Crippen molar-refractivity contribution < 1.29 is 4.79 Å². The van der Waals surface area contributed by atoms with Gasteiger partial charge in [0.2, 0.25) is 0 Å². The molecule has 0 radical (unpaired) electrons. The van der Waals surface area contributed by atoms with Crippen LogP contribution in [0.25, 0.3) is 6.08 Å². The van der Waals surface area contributed by atoms with E-state index in [4.69, 9.17) is 0 Å². The molecule has 0 heterocycles. The van der Waals surface area contributed by atoms with Crippen molar-refractivity contribution in [2.75, 3.05) is 0 Å². The fourth-order valence-electron chi connectivity index (χ4n) is 2.97. The first-order valence-corrected chi connectivity index (χ1v) is 8.19. The van der Waals surface area contributed by atoms with E-state index in [0.29, 0.717) is 0 Å². The first-order valence-electron chi connectivity index (χ1n) is 8.19. The molecule has 1 aliphatic carbocycles. The average Bonchev–Trinajstić information content (AvgIpc) is 2.93. The quantitative estimate of drug-likeness (QED) is 0.682. The fourth-order valence-corrected chi connectivity index (χ4v) is 2.97. The number of benzene rings is 2. The number of aryl methyl sites for hydroxylation is 3. The molecule has 0 atom stereocenters. The van der Waals surface area contributed by atoms with E-state index in [1.165, 1.54) is 23.1 Å². The van der Waals surface area contributed by atoms with Crippen LogP contribution < -0.4 is 0 Å². The molecule has 3 rings (SSSR count). The summed E-state index contributed by atoms with van der Waals surface area (Å²) in [5.41, 5.74) is 6.03. The Morgan fingerprint density at radius 3 is 2.14 bits per heavy atom. The number of fused-ring (bicyclic) bond motifs is 1. The van der Waals surface area contributed by atoms with Crippen molar-refractivity contribution in [1.82, 2.24) is 0 Å². The molecule has 1 heteroatoms. The molecule has 1 aliphatic rings. The summed E-state index contributed by atoms with van der Waals surface area (Å²) in [6.07, 6.45) is 9.20. The molecule has 0 spiro atoms. The summed E-state index contributed by atoms with van der Waals surface area (Å²) >= 11 is 0. The molecule has 0 N–H and O–H groups in total. The highest BCUT2D eigenvalue weighted by Gasteiger charge is 2.13. The predicted molar refractivity (Wildman–Crippen MR) is 92.3 cm³/mol. The molecule has 0 bridgehead atoms. The summed E-state index contributed by atoms with van der Waals surface area (Å²) in [6, 6.07) is 15.2. The number of allylic oxidation sites excluding steroid dienone is 1. The van der Waals surface area contributed by atoms with Crippen molar-refractivity contribution in [3.05, 3.63) is 76.4 Å². The first kappa shape index (κ1) is 14.8. The van der Waals surface area contributed by atoms with Gasteiger partial charge in [-0.3, -0.25) is 4.79 Å². The van der Waals surface area contributed by atoms with E-state index in [2.05, 4.69) is 49.4 Å². The van der Waals surface area contributed by atoms with Gasteiger partial charge in [-0.2, -0.15) is 0 Å². The summed E-state index contributed by atoms with van der Waals surface area (Å²) in [5.74, 6) is 0.146. The highest BCUT2D eigenvalue weighted by molar-refractivity contribution is 6.13. The summed E-state index contributed by atoms with van der Waals surface area (Å²) in [4.78, 5) is 11.7. The number of carbonyl (C=O) groups excluding carboxylic acids is 1. The lowest BCUT2D eigenvalue weighted by Crippen LogP contribution is -1.95. The van der Waals surface area contributed by atoms with Crippen LogP contribution in [0.15, 0.2) is 48.5 Å². The van der Waals surface area contributed by atoms with E-state index in [0.717, 1.165) is 36.8 Å². The van der Waals surface area contributed by atoms with Crippen molar-refractivity contribution >= 4 is 11.9 Å². The average molecular weight is 290 g/mol. The molecule has 0 saturated carbocycles. The maximum Gasteiger partial charge on any atom is 0.186 e. The van der Waals surface area contributed by atoms with Gasteiger partial charge in [0, 0.05) is 5.56 Å². The Hall–Kier alpha value is -2.15. The minimum absolute atomic E-state index is 0.146. The summed E-state index contributed by atoms with van der Waals surface area (Å²) in [5, 5.41) is 0. The standard InChI is InChI=1S/C21H22O/c1-2-16-7-9-17(10-8-16)5-3-4-6-18-11-12-19-13-14-21(22)20(19)15-18/h7-15H,2-6H2,1H3. The van der Waals surface area contributed by atoms with E-state index in [1.807, 2.05) is 6.08 Å². The van der Waals surface area contributed by atoms with Gasteiger partial charge in [-0.25, -0.2) is 0 Å². The van der Waals surface area contributed by atoms with Crippen molar-refractivity contribution in [1.29, 1.82) is 0 Å². The van der Waals surface area contributed by atoms with Crippen molar-refractivity contribution in [3.63, 3.8) is 0 Å². The van der Waals surface area contributed by atoms with Gasteiger partial charge in [0.05, 0.1) is 0 Å². The van der Waals surface area contributed by atoms with Gasteiger partial charge in [-0.05, 0) is 66.5 Å². The highest BCUT2D eigenvalue weighted by Crippen LogP contribution is 2.21. The van der Waals surface area contributed by atoms with Crippen molar-refractivity contribution in [2.45, 2.75) is 39.0 Å². The number of unbranched alkanes of at least 4 members (excludes halogenated alkanes) is 1. The lowest BCUT2D eigenvalue weighted by atomic mass is 9.99. The molecule has 0 amide bonds. The lowest BCUT2D eigenvalue weighted by Gasteiger charge is -2.05. The smallest absolute Gasteiger partial charge is 0.186 e. The number of rotatable bonds is 6. The summed E-state index contributed by atoms with van der Waals surface area (Å²) in [6.45, 7) is 2.19. The molecule has 0 aliphatic heterocycles. The van der Waals surface area contributed by atoms with Crippen LogP contribution in [0.3, 0.4) is 0 Å². The number of hydrogen-bond donors (Lipinski definition) is 0. The molecule has 22 heavy (non-hydrogen) atoms. The Labute approximate surface area is 132 Å². The summed E-state index contributed by atoms with van der Waals surface area (Å²) < 4.78 is 0. The highest BCUT2D eigenvalue weighted by atomic mass is 16.1. The van der Waals surface area contributed by atoms with Crippen LogP contribution in [0.2, 0.25) is 0 Å². The Bertz CT molecular complexity index is 692. The maximum atomic E-state index is 11.7. The van der Waals surface area contributed by atoms with Gasteiger partial charge in [-0.15, -0.1) is 0 Å². The monoisotopic (exact) mass is 290 g/mol. The topological polar surface area (TPSA) is 17.1 Å². The SMILES string of the molecule is CCc1ccc(CCCCc2ccc3c(c2)C(=O)C=C3)cc1. The van der Waals surface area contributed by atoms with E-state index in [1.54, 1.807) is 6.08 Å². The number of ketones is 1. The molecule has 2 aromatic rings. The van der Waals surface area contributed by atoms with Crippen molar-refractivity contribution in [2.24, 2.45) is 0 Å². The van der Waals surface area contributed by atoms with Crippen LogP contribution in [0, 0.1) is 0 Å². The van der Waals surface area contributed by atoms with Crippen LogP contribution in [0.5, 0.6) is 0 Å². The predicted octanol–water partition coefficient (Wildman–Crippen LogP) is 5.02. The molecule has 0 unspecified atom stereocenters. The second-order valence-corrected chi connectivity index (χ2v) is 6.00. The minimum atomic E-state index is 0.146. The second-order valence-electron chi connectivity index (χ2n) is 6.00. The normalized spacial score (nSPS) is 12.7. The van der Waals surface area contributed by atoms with E-state index in [9.17, 15) is 4.79 Å². The Kier molecular flexibility index (Phi) is 4.53. The number of carbonyl (C=O) groups is 1. The molecule has 0 aromatic heterocycles. The molecular formula is C21H22O. The molecular weight excluding hydrogens is 268 g/mol. The van der Waals surface area contributed by atoms with Gasteiger partial charge in [0.1, 0.15) is 0 Å². The second kappa shape index (κ2) is 6.74. The van der Waals surface area contributed by atoms with Gasteiger partial charge >= 0.3 is 0 Å². The van der Waals surface area contributed by atoms with Gasteiger partial charge in [-0.1, -0.05) is 49.4 Å². The third kappa shape index (κ3) is 3.36. The van der Waals surface area contributed by atoms with E-state index in [-0.39, 0.29) is 5.78 Å². The maximum absolute atomic E-state index is 11.7. The molecule has 1 nitrogen and oxygen atoms in total. The van der Waals surface area contributed by atoms with Crippen molar-refractivity contribution in [3.8, 4) is 0 Å². The van der Waals surface area contributed by atoms with E-state index < -0.39 is 0 Å².